The molecule has 1 heterocycles. The molecule has 0 spiro atoms. The molecule has 0 unspecified atom stereocenters. The molecule has 0 aromatic carbocycles. The van der Waals surface area contributed by atoms with E-state index in [0.717, 1.165) is 63.0 Å². The van der Waals surface area contributed by atoms with E-state index >= 15 is 0 Å². The van der Waals surface area contributed by atoms with Gasteiger partial charge in [-0.25, -0.2) is 0 Å². The molecule has 1 aliphatic carbocycles. The quantitative estimate of drug-likeness (QED) is 0.752. The van der Waals surface area contributed by atoms with E-state index in [4.69, 9.17) is 0 Å². The number of carbonyl (C=O) groups is 1. The van der Waals surface area contributed by atoms with Gasteiger partial charge in [-0.1, -0.05) is 20.8 Å². The molecule has 0 bridgehead atoms. The van der Waals surface area contributed by atoms with Gasteiger partial charge in [0.05, 0.1) is 0 Å². The van der Waals surface area contributed by atoms with Gasteiger partial charge >= 0.3 is 0 Å². The highest BCUT2D eigenvalue weighted by Gasteiger charge is 2.26. The second-order valence-electron chi connectivity index (χ2n) is 6.60. The number of likely N-dealkylation sites (N-methyl/N-ethyl adjacent to an activating group) is 1. The molecule has 2 N–H and O–H groups in total. The highest BCUT2D eigenvalue weighted by molar-refractivity contribution is 5.97. The van der Waals surface area contributed by atoms with Crippen LogP contribution in [0.2, 0.25) is 0 Å². The maximum atomic E-state index is 12.8. The van der Waals surface area contributed by atoms with Crippen molar-refractivity contribution in [2.45, 2.75) is 59.4 Å². The second-order valence-corrected chi connectivity index (χ2v) is 6.60. The van der Waals surface area contributed by atoms with Crippen molar-refractivity contribution in [2.24, 2.45) is 0 Å². The fourth-order valence-corrected chi connectivity index (χ4v) is 3.57. The topological polar surface area (TPSA) is 74.6 Å². The average molecular weight is 349 g/mol. The van der Waals surface area contributed by atoms with E-state index in [9.17, 15) is 14.7 Å². The Labute approximate surface area is 149 Å². The molecular weight excluding hydrogens is 318 g/mol. The molecule has 6 heteroatoms. The second kappa shape index (κ2) is 9.04. The third-order valence-electron chi connectivity index (χ3n) is 5.03. The van der Waals surface area contributed by atoms with Gasteiger partial charge in [0.25, 0.3) is 11.5 Å². The zero-order valence-electron chi connectivity index (χ0n) is 15.7. The van der Waals surface area contributed by atoms with Gasteiger partial charge in [0, 0.05) is 30.9 Å². The normalized spacial score (nSPS) is 13.8. The minimum absolute atomic E-state index is 0.0892. The van der Waals surface area contributed by atoms with Gasteiger partial charge in [0.1, 0.15) is 11.3 Å². The Morgan fingerprint density at radius 1 is 1.20 bits per heavy atom. The number of amides is 1. The van der Waals surface area contributed by atoms with Crippen molar-refractivity contribution in [3.05, 3.63) is 27.2 Å². The first kappa shape index (κ1) is 19.5. The summed E-state index contributed by atoms with van der Waals surface area (Å²) in [5.74, 6) is -0.569. The van der Waals surface area contributed by atoms with Crippen molar-refractivity contribution in [2.75, 3.05) is 26.2 Å². The highest BCUT2D eigenvalue weighted by Crippen LogP contribution is 2.30. The maximum Gasteiger partial charge on any atom is 0.267 e. The summed E-state index contributed by atoms with van der Waals surface area (Å²) in [7, 11) is 0. The first-order valence-corrected chi connectivity index (χ1v) is 9.53. The molecule has 1 aliphatic rings. The van der Waals surface area contributed by atoms with Crippen LogP contribution >= 0.6 is 0 Å². The summed E-state index contributed by atoms with van der Waals surface area (Å²) in [5.41, 5.74) is 1.25. The molecule has 25 heavy (non-hydrogen) atoms. The molecule has 0 saturated heterocycles. The summed E-state index contributed by atoms with van der Waals surface area (Å²) in [5, 5.41) is 13.4. The summed E-state index contributed by atoms with van der Waals surface area (Å²) in [4.78, 5) is 27.6. The summed E-state index contributed by atoms with van der Waals surface area (Å²) in [6.45, 7) is 9.77. The van der Waals surface area contributed by atoms with Crippen LogP contribution in [0.25, 0.3) is 0 Å². The van der Waals surface area contributed by atoms with Crippen LogP contribution in [0.4, 0.5) is 0 Å². The number of fused-ring (bicyclic) bond motifs is 1. The third-order valence-corrected chi connectivity index (χ3v) is 5.03. The minimum Gasteiger partial charge on any atom is -0.507 e. The zero-order chi connectivity index (χ0) is 18.4. The van der Waals surface area contributed by atoms with E-state index in [1.54, 1.807) is 4.57 Å². The van der Waals surface area contributed by atoms with Gasteiger partial charge in [-0.05, 0) is 45.2 Å². The molecule has 1 aromatic rings. The Balaban J connectivity index is 2.29. The van der Waals surface area contributed by atoms with Gasteiger partial charge in [-0.3, -0.25) is 9.59 Å². The van der Waals surface area contributed by atoms with Gasteiger partial charge < -0.3 is 19.9 Å². The number of pyridine rings is 1. The van der Waals surface area contributed by atoms with Gasteiger partial charge in [-0.2, -0.15) is 0 Å². The number of aromatic nitrogens is 1. The van der Waals surface area contributed by atoms with E-state index in [-0.39, 0.29) is 16.9 Å². The van der Waals surface area contributed by atoms with Crippen LogP contribution in [0.5, 0.6) is 5.75 Å². The molecule has 0 atom stereocenters. The first-order chi connectivity index (χ1) is 12.0. The molecule has 0 radical (unpaired) electrons. The fraction of sp³-hybridized carbons (Fsp3) is 0.684. The lowest BCUT2D eigenvalue weighted by Gasteiger charge is -2.24. The lowest BCUT2D eigenvalue weighted by molar-refractivity contribution is 0.0943. The number of hydrogen-bond donors (Lipinski definition) is 2. The lowest BCUT2D eigenvalue weighted by atomic mass is 9.93. The first-order valence-electron chi connectivity index (χ1n) is 9.53. The van der Waals surface area contributed by atoms with Crippen molar-refractivity contribution < 1.29 is 9.90 Å². The molecule has 0 saturated carbocycles. The van der Waals surface area contributed by atoms with Crippen LogP contribution in [-0.2, 0) is 19.4 Å². The van der Waals surface area contributed by atoms with E-state index in [1.165, 1.54) is 0 Å². The van der Waals surface area contributed by atoms with Crippen LogP contribution in [0.3, 0.4) is 0 Å². The van der Waals surface area contributed by atoms with Gasteiger partial charge in [0.2, 0.25) is 0 Å². The van der Waals surface area contributed by atoms with Gasteiger partial charge in [0.15, 0.2) is 0 Å². The van der Waals surface area contributed by atoms with Crippen LogP contribution in [-0.4, -0.2) is 46.7 Å². The Morgan fingerprint density at radius 3 is 2.52 bits per heavy atom. The molecule has 2 rings (SSSR count). The number of carbonyl (C=O) groups excluding carboxylic acids is 1. The number of nitrogens with one attached hydrogen (secondary N) is 1. The zero-order valence-corrected chi connectivity index (χ0v) is 15.7. The number of nitrogens with zero attached hydrogens (tertiary/aromatic N) is 2. The van der Waals surface area contributed by atoms with Crippen LogP contribution in [0.15, 0.2) is 4.79 Å². The van der Waals surface area contributed by atoms with Gasteiger partial charge in [-0.15, -0.1) is 0 Å². The van der Waals surface area contributed by atoms with Crippen LogP contribution in [0.1, 0.15) is 61.6 Å². The van der Waals surface area contributed by atoms with Crippen molar-refractivity contribution >= 4 is 5.91 Å². The predicted octanol–water partition coefficient (Wildman–Crippen LogP) is 1.91. The molecule has 1 aromatic heterocycles. The molecule has 1 amide bonds. The highest BCUT2D eigenvalue weighted by atomic mass is 16.3. The summed E-state index contributed by atoms with van der Waals surface area (Å²) in [6.07, 6.45) is 4.34. The largest absolute Gasteiger partial charge is 0.507 e. The van der Waals surface area contributed by atoms with Crippen molar-refractivity contribution in [3.63, 3.8) is 0 Å². The SMILES string of the molecule is CCCn1c2c(c(O)c(C(=O)NCCN(CC)CC)c1=O)CCCC2. The number of hydrogen-bond acceptors (Lipinski definition) is 4. The van der Waals surface area contributed by atoms with Crippen molar-refractivity contribution in [1.82, 2.24) is 14.8 Å². The summed E-state index contributed by atoms with van der Waals surface area (Å²) in [6, 6.07) is 0. The maximum absolute atomic E-state index is 12.8. The Morgan fingerprint density at radius 2 is 1.88 bits per heavy atom. The van der Waals surface area contributed by atoms with E-state index in [2.05, 4.69) is 24.1 Å². The standard InChI is InChI=1S/C19H31N3O3/c1-4-12-22-15-10-8-7-9-14(15)17(23)16(19(22)25)18(24)20-11-13-21(5-2)6-3/h23H,4-13H2,1-3H3,(H,20,24). The number of aromatic hydroxyl groups is 1. The Hall–Kier alpha value is -1.82. The van der Waals surface area contributed by atoms with Crippen molar-refractivity contribution in [1.29, 1.82) is 0 Å². The number of rotatable bonds is 8. The Kier molecular flexibility index (Phi) is 7.05. The fourth-order valence-electron chi connectivity index (χ4n) is 3.57. The summed E-state index contributed by atoms with van der Waals surface area (Å²) < 4.78 is 1.70. The van der Waals surface area contributed by atoms with E-state index < -0.39 is 5.91 Å². The minimum atomic E-state index is -0.465. The van der Waals surface area contributed by atoms with E-state index in [0.29, 0.717) is 13.1 Å². The van der Waals surface area contributed by atoms with Crippen LogP contribution < -0.4 is 10.9 Å². The van der Waals surface area contributed by atoms with Crippen LogP contribution in [0, 0.1) is 0 Å². The third kappa shape index (κ3) is 4.24. The Bertz CT molecular complexity index is 663. The van der Waals surface area contributed by atoms with Crippen molar-refractivity contribution in [3.8, 4) is 5.75 Å². The smallest absolute Gasteiger partial charge is 0.267 e. The average Bonchev–Trinajstić information content (AvgIpc) is 2.62. The molecule has 140 valence electrons. The predicted molar refractivity (Wildman–Crippen MR) is 99.4 cm³/mol. The molecule has 0 aliphatic heterocycles. The lowest BCUT2D eigenvalue weighted by Crippen LogP contribution is -2.39. The molecule has 6 nitrogen and oxygen atoms in total. The summed E-state index contributed by atoms with van der Waals surface area (Å²) >= 11 is 0. The van der Waals surface area contributed by atoms with E-state index in [1.807, 2.05) is 6.92 Å². The monoisotopic (exact) mass is 349 g/mol. The molecular formula is C19H31N3O3. The molecule has 0 fully saturated rings.